The van der Waals surface area contributed by atoms with Crippen LogP contribution in [0.25, 0.3) is 0 Å². The van der Waals surface area contributed by atoms with E-state index in [1.54, 1.807) is 0 Å². The predicted molar refractivity (Wildman–Crippen MR) is 850 cm³/mol. The molecule has 0 rings (SSSR count). The van der Waals surface area contributed by atoms with Gasteiger partial charge in [0.25, 0.3) is 0 Å². The zero-order valence-electron chi connectivity index (χ0n) is 49.6. The van der Waals surface area contributed by atoms with Gasteiger partial charge in [-0.3, -0.25) is 0 Å². The Balaban J connectivity index is 0. The van der Waals surface area contributed by atoms with Crippen LogP contribution in [0.4, 0.5) is 0 Å². The Bertz CT molecular complexity index is 24.2. The molecule has 0 spiro atoms. The van der Waals surface area contributed by atoms with Gasteiger partial charge in [0.05, 0.1) is 0 Å². The van der Waals surface area contributed by atoms with Crippen LogP contribution in [0.2, 0.25) is 0 Å². The average molecular weight is 7900 g/mol. The summed E-state index contributed by atoms with van der Waals surface area (Å²) >= 11 is 0. The average Bonchev–Trinajstić information content (AvgIpc) is 0. The van der Waals surface area contributed by atoms with Crippen LogP contribution >= 0.6 is 0 Å². The molecular formula is H192S4Se96-8. The Morgan fingerprint density at radius 3 is 0.0200 bits per heavy atom. The van der Waals surface area contributed by atoms with E-state index in [-0.39, 0.29) is 1690 Å². The van der Waals surface area contributed by atoms with Crippen LogP contribution in [0.3, 0.4) is 0 Å². The minimum atomic E-state index is 0. The molecule has 0 bridgehead atoms. The molecule has 0 fully saturated rings. The van der Waals surface area contributed by atoms with Crippen molar-refractivity contribution >= 4 is 1690 Å². The molecule has 0 radical (unpaired) electrons. The van der Waals surface area contributed by atoms with Crippen molar-refractivity contribution in [3.05, 3.63) is 0 Å². The van der Waals surface area contributed by atoms with Gasteiger partial charge >= 0.3 is 1640 Å². The second-order valence-electron chi connectivity index (χ2n) is 0. The van der Waals surface area contributed by atoms with Crippen molar-refractivity contribution in [3.8, 4) is 0 Å². The van der Waals surface area contributed by atoms with E-state index >= 15 is 0 Å². The zero-order chi connectivity index (χ0) is 0. The molecule has 0 saturated heterocycles. The Kier molecular flexibility index (Phi) is 16600. The monoisotopic (exact) mass is 7990 g/mol. The van der Waals surface area contributed by atoms with Gasteiger partial charge in [-0.2, -0.15) is 0 Å². The molecule has 0 heterocycles. The molecule has 0 N–H and O–H groups in total. The predicted octanol–water partition coefficient (Wildman–Crippen LogP) is -88.0. The minimum absolute atomic E-state index is 0. The summed E-state index contributed by atoms with van der Waals surface area (Å²) in [5, 5.41) is 0. The Morgan fingerprint density at radius 1 is 0.0200 bits per heavy atom. The molecule has 0 unspecified atom stereocenters. The van der Waals surface area contributed by atoms with Crippen LogP contribution in [0.15, 0.2) is 0 Å². The molecule has 100 heteroatoms. The van der Waals surface area contributed by atoms with Gasteiger partial charge in [0.2, 0.25) is 0 Å². The third-order valence-corrected chi connectivity index (χ3v) is 0. The van der Waals surface area contributed by atoms with Gasteiger partial charge < -0.3 is 54.0 Å². The van der Waals surface area contributed by atoms with Crippen molar-refractivity contribution in [2.24, 2.45) is 0 Å². The number of hydrogen-bond donors (Lipinski definition) is 0. The fourth-order valence-electron chi connectivity index (χ4n) is 0. The van der Waals surface area contributed by atoms with Crippen LogP contribution in [0.5, 0.6) is 0 Å². The summed E-state index contributed by atoms with van der Waals surface area (Å²) in [7, 11) is 0. The molecule has 0 aromatic rings. The summed E-state index contributed by atoms with van der Waals surface area (Å²) < 4.78 is 0. The van der Waals surface area contributed by atoms with Crippen LogP contribution in [0.1, 0.15) is 0 Å². The molecule has 100 heavy (non-hydrogen) atoms. The second-order valence-corrected chi connectivity index (χ2v) is 0. The van der Waals surface area contributed by atoms with Crippen LogP contribution in [-0.2, 0) is 54.0 Å². The third kappa shape index (κ3) is 1250. The van der Waals surface area contributed by atoms with E-state index in [4.69, 9.17) is 0 Å². The third-order valence-electron chi connectivity index (χ3n) is 0. The summed E-state index contributed by atoms with van der Waals surface area (Å²) in [6.07, 6.45) is 0. The first-order valence-electron chi connectivity index (χ1n) is 0. The Hall–Kier alpha value is 51.3. The Morgan fingerprint density at radius 2 is 0.0200 bits per heavy atom. The van der Waals surface area contributed by atoms with Gasteiger partial charge in [-0.05, 0) is 0 Å². The van der Waals surface area contributed by atoms with Crippen molar-refractivity contribution in [2.45, 2.75) is 0 Å². The molecule has 0 aromatic carbocycles. The van der Waals surface area contributed by atoms with E-state index in [9.17, 15) is 0 Å². The first-order chi connectivity index (χ1) is 0. The van der Waals surface area contributed by atoms with Crippen molar-refractivity contribution in [1.29, 1.82) is 0 Å². The van der Waals surface area contributed by atoms with E-state index in [1.807, 2.05) is 0 Å². The molecule has 0 aromatic heterocycles. The zero-order valence-corrected chi connectivity index (χ0v) is 254. The van der Waals surface area contributed by atoms with E-state index < -0.39 is 0 Å². The number of hydrogen-bond acceptors (Lipinski definition) is 0. The first kappa shape index (κ1) is 1300. The van der Waals surface area contributed by atoms with Crippen LogP contribution in [0, 0.1) is 0 Å². The molecule has 0 amide bonds. The molecular weight excluding hydrogens is 7710 g/mol. The normalized spacial score (nSPS) is 0. The topological polar surface area (TPSA) is 0 Å². The molecule has 0 aliphatic heterocycles. The van der Waals surface area contributed by atoms with Crippen LogP contribution < -0.4 is 0 Å². The quantitative estimate of drug-likeness (QED) is 0.212. The SMILES string of the molecule is [S-2].[S-2].[S-2].[S-2].[SeH2].[SeH2].[SeH2].[SeH2].[SeH2].[SeH2].[SeH2].[SeH2].[SeH2].[SeH2].[SeH2].[SeH2].[SeH2].[SeH2].[SeH2].[SeH2].[SeH2].[SeH2].[SeH2].[SeH2].[SeH2].[SeH2].[SeH2].[SeH2].[SeH2].[SeH2].[SeH2].[SeH2].[SeH2].[SeH2].[SeH2].[SeH2].[SeH2].[SeH2].[SeH2].[SeH2].[SeH2].[SeH2].[SeH2].[SeH2].[SeH2].[SeH2].[SeH2].[SeH2].[SeH2].[SeH2].[SeH2].[SeH2].[SeH2].[SeH2].[SeH2].[SeH2].[SeH2].[SeH2].[SeH2].[SeH2].[SeH2].[SeH2].[SeH2].[SeH2].[SeH2].[SeH2].[SeH2].[SeH2].[SeH2].[SeH2].[SeH2].[SeH2].[SeH2].[SeH2].[SeH2].[SeH2].[SeH2].[SeH2].[SeH2].[SeH2].[SeH2].[SeH2].[SeH2].[SeH2].[SeH2].[SeH2].[SeH2].[SeH2].[SeH2].[SeH2].[SeH2].[SeH2].[SeH2].[SeH2].[SeH2].[SeH2].[SeH2].[SeH2].[SeH2].[SeH2]. The molecule has 0 atom stereocenters. The van der Waals surface area contributed by atoms with E-state index in [0.29, 0.717) is 0 Å². The van der Waals surface area contributed by atoms with E-state index in [0.717, 1.165) is 0 Å². The summed E-state index contributed by atoms with van der Waals surface area (Å²) in [6, 6.07) is 0. The molecule has 0 saturated carbocycles. The first-order valence-corrected chi connectivity index (χ1v) is 0. The van der Waals surface area contributed by atoms with Crippen molar-refractivity contribution in [3.63, 3.8) is 0 Å². The Labute approximate surface area is 1650 Å². The molecule has 0 nitrogen and oxygen atoms in total. The summed E-state index contributed by atoms with van der Waals surface area (Å²) in [6.45, 7) is 0. The van der Waals surface area contributed by atoms with Gasteiger partial charge in [0.15, 0.2) is 0 Å². The van der Waals surface area contributed by atoms with E-state index in [1.165, 1.54) is 0 Å². The van der Waals surface area contributed by atoms with E-state index in [2.05, 4.69) is 0 Å². The van der Waals surface area contributed by atoms with Crippen LogP contribution in [-0.4, -0.2) is 1640 Å². The molecule has 800 valence electrons. The van der Waals surface area contributed by atoms with Gasteiger partial charge in [0.1, 0.15) is 0 Å². The fourth-order valence-corrected chi connectivity index (χ4v) is 0. The maximum absolute atomic E-state index is 0. The van der Waals surface area contributed by atoms with Crippen molar-refractivity contribution in [2.75, 3.05) is 0 Å². The maximum atomic E-state index is 0. The fraction of sp³-hybridized carbons (Fsp3) is 0. The van der Waals surface area contributed by atoms with Gasteiger partial charge in [-0.25, -0.2) is 0 Å². The molecule has 0 aliphatic rings. The molecule has 0 aliphatic carbocycles. The van der Waals surface area contributed by atoms with Gasteiger partial charge in [0, 0.05) is 0 Å². The standard InChI is InChI=1S/4S.96H2Se/h;;;;96*1H2/q4*-2;;;;;;;;;;;;;;;;;;;;;;;;;;;;;;;;;;;;;;;;;;;;;;;;;;;;;;;;;;;;;;;;;;;;;;;;;;;;;;;;;;;;;;;;;;;;;;;;. The summed E-state index contributed by atoms with van der Waals surface area (Å²) in [5.41, 5.74) is 0. The van der Waals surface area contributed by atoms with Gasteiger partial charge in [-0.15, -0.1) is 0 Å². The van der Waals surface area contributed by atoms with Crippen molar-refractivity contribution < 1.29 is 0 Å². The van der Waals surface area contributed by atoms with Crippen molar-refractivity contribution in [1.82, 2.24) is 0 Å². The summed E-state index contributed by atoms with van der Waals surface area (Å²) in [5.74, 6) is 0. The second kappa shape index (κ2) is 1270. The van der Waals surface area contributed by atoms with Gasteiger partial charge in [-0.1, -0.05) is 0 Å². The number of rotatable bonds is 0. The summed E-state index contributed by atoms with van der Waals surface area (Å²) in [4.78, 5) is 0.